The monoisotopic (exact) mass is 495 g/mol. The molecular weight excluding hydrogens is 458 g/mol. The van der Waals surface area contributed by atoms with Crippen LogP contribution in [-0.2, 0) is 4.74 Å². The Kier molecular flexibility index (Phi) is 4.58. The van der Waals surface area contributed by atoms with Gasteiger partial charge in [0.25, 0.3) is 6.01 Å². The fourth-order valence-electron chi connectivity index (χ4n) is 9.17. The molecule has 7 rings (SSSR count). The lowest BCUT2D eigenvalue weighted by molar-refractivity contribution is -0.331. The van der Waals surface area contributed by atoms with Crippen LogP contribution in [0.15, 0.2) is 28.7 Å². The lowest BCUT2D eigenvalue weighted by Crippen LogP contribution is -2.73. The van der Waals surface area contributed by atoms with Gasteiger partial charge in [-0.1, -0.05) is 19.1 Å². The van der Waals surface area contributed by atoms with Crippen molar-refractivity contribution < 1.29 is 24.5 Å². The van der Waals surface area contributed by atoms with Crippen LogP contribution in [0, 0.1) is 17.3 Å². The smallest absolute Gasteiger partial charge is 0.292 e. The highest BCUT2D eigenvalue weighted by Crippen LogP contribution is 2.71. The van der Waals surface area contributed by atoms with E-state index < -0.39 is 29.0 Å². The van der Waals surface area contributed by atoms with E-state index in [-0.39, 0.29) is 29.3 Å². The fraction of sp³-hybridized carbons (Fsp3) is 0.679. The van der Waals surface area contributed by atoms with E-state index in [2.05, 4.69) is 24.1 Å². The number of oxazole rings is 1. The Morgan fingerprint density at radius 1 is 1.08 bits per heavy atom. The second kappa shape index (κ2) is 7.11. The minimum Gasteiger partial charge on any atom is -0.424 e. The third kappa shape index (κ3) is 2.69. The van der Waals surface area contributed by atoms with Gasteiger partial charge in [0.2, 0.25) is 0 Å². The number of allylic oxidation sites excluding steroid dienone is 2. The molecule has 2 aromatic rings. The number of aliphatic hydroxyl groups excluding tert-OH is 2. The van der Waals surface area contributed by atoms with E-state index in [0.717, 1.165) is 36.8 Å². The van der Waals surface area contributed by atoms with Crippen LogP contribution in [0.1, 0.15) is 57.4 Å². The summed E-state index contributed by atoms with van der Waals surface area (Å²) in [5.41, 5.74) is 7.26. The Labute approximate surface area is 211 Å². The summed E-state index contributed by atoms with van der Waals surface area (Å²) in [7, 11) is 3.90. The van der Waals surface area contributed by atoms with Crippen molar-refractivity contribution in [2.75, 3.05) is 19.8 Å². The van der Waals surface area contributed by atoms with Crippen molar-refractivity contribution in [1.29, 1.82) is 0 Å². The van der Waals surface area contributed by atoms with Crippen LogP contribution in [-0.4, -0.2) is 74.4 Å². The van der Waals surface area contributed by atoms with Crippen molar-refractivity contribution in [2.45, 2.75) is 86.9 Å². The SMILES string of the molecule is CN(C)[C@H]1C[C@@]23CC[C@]4(O2)C2CC=C(c5ccc6nc(N)oc6c5)[C@@]2(C)CCC4(O)CC3[C@@H](O)[C@@H]1O. The lowest BCUT2D eigenvalue weighted by Gasteiger charge is -2.65. The minimum absolute atomic E-state index is 0.136. The summed E-state index contributed by atoms with van der Waals surface area (Å²) in [6, 6.07) is 6.08. The summed E-state index contributed by atoms with van der Waals surface area (Å²) < 4.78 is 12.8. The maximum atomic E-state index is 12.3. The maximum Gasteiger partial charge on any atom is 0.292 e. The Bertz CT molecular complexity index is 1280. The molecule has 2 saturated carbocycles. The zero-order valence-corrected chi connectivity index (χ0v) is 21.3. The predicted octanol–water partition coefficient (Wildman–Crippen LogP) is 2.71. The largest absolute Gasteiger partial charge is 0.424 e. The average Bonchev–Trinajstić information content (AvgIpc) is 3.49. The van der Waals surface area contributed by atoms with Gasteiger partial charge < -0.3 is 35.1 Å². The Morgan fingerprint density at radius 3 is 2.67 bits per heavy atom. The first-order valence-electron chi connectivity index (χ1n) is 13.3. The van der Waals surface area contributed by atoms with Gasteiger partial charge in [-0.3, -0.25) is 0 Å². The molecule has 194 valence electrons. The van der Waals surface area contributed by atoms with Crippen LogP contribution in [0.25, 0.3) is 16.7 Å². The van der Waals surface area contributed by atoms with Gasteiger partial charge in [-0.05, 0) is 87.7 Å². The molecule has 2 saturated heterocycles. The quantitative estimate of drug-likeness (QED) is 0.501. The Hall–Kier alpha value is -1.97. The van der Waals surface area contributed by atoms with Gasteiger partial charge in [0.15, 0.2) is 5.58 Å². The number of benzene rings is 1. The number of nitrogen functional groups attached to an aromatic ring is 1. The van der Waals surface area contributed by atoms with Gasteiger partial charge in [0.1, 0.15) is 11.1 Å². The first-order chi connectivity index (χ1) is 17.0. The number of hydrogen-bond acceptors (Lipinski definition) is 8. The third-order valence-corrected chi connectivity index (χ3v) is 11.0. The first kappa shape index (κ1) is 23.2. The standard InChI is InChI=1S/C28H37N3O5/c1-25-8-10-27(34)13-17-22(32)23(33)19(31(2)3)14-26(17)9-11-28(27,36-26)21(25)7-5-16(25)15-4-6-18-20(12-15)35-24(29)30-18/h4-6,12,17,19,21-23,32-34H,7-11,13-14H2,1-3H3,(H2,29,30)/t17?,19-,21?,22+,23+,25+,26+,27?,28-/m0/s1. The second-order valence-electron chi connectivity index (χ2n) is 12.7. The zero-order chi connectivity index (χ0) is 25.3. The van der Waals surface area contributed by atoms with Crippen molar-refractivity contribution in [3.63, 3.8) is 0 Å². The number of ether oxygens (including phenoxy) is 1. The molecule has 8 nitrogen and oxygen atoms in total. The van der Waals surface area contributed by atoms with Gasteiger partial charge in [0.05, 0.1) is 23.4 Å². The molecule has 3 heterocycles. The number of rotatable bonds is 2. The van der Waals surface area contributed by atoms with E-state index in [1.807, 2.05) is 31.1 Å². The van der Waals surface area contributed by atoms with Gasteiger partial charge in [-0.2, -0.15) is 4.98 Å². The molecule has 0 radical (unpaired) electrons. The van der Waals surface area contributed by atoms with Crippen molar-refractivity contribution >= 4 is 22.7 Å². The normalized spacial score (nSPS) is 47.5. The van der Waals surface area contributed by atoms with Gasteiger partial charge >= 0.3 is 0 Å². The minimum atomic E-state index is -1.01. The molecule has 9 atom stereocenters. The molecule has 5 N–H and O–H groups in total. The number of anilines is 1. The van der Waals surface area contributed by atoms with Gasteiger partial charge in [-0.15, -0.1) is 0 Å². The summed E-state index contributed by atoms with van der Waals surface area (Å²) in [5.74, 6) is -0.127. The Morgan fingerprint density at radius 2 is 1.89 bits per heavy atom. The van der Waals surface area contributed by atoms with Crippen LogP contribution in [0.4, 0.5) is 6.01 Å². The van der Waals surface area contributed by atoms with Crippen LogP contribution >= 0.6 is 0 Å². The van der Waals surface area contributed by atoms with E-state index in [1.165, 1.54) is 5.57 Å². The second-order valence-corrected chi connectivity index (χ2v) is 12.7. The molecule has 3 aliphatic carbocycles. The van der Waals surface area contributed by atoms with Crippen molar-refractivity contribution in [3.8, 4) is 0 Å². The predicted molar refractivity (Wildman–Crippen MR) is 135 cm³/mol. The number of hydrogen-bond donors (Lipinski definition) is 4. The summed E-state index contributed by atoms with van der Waals surface area (Å²) in [6.45, 7) is 2.33. The molecule has 8 heteroatoms. The van der Waals surface area contributed by atoms with E-state index in [4.69, 9.17) is 14.9 Å². The summed E-state index contributed by atoms with van der Waals surface area (Å²) in [5, 5.41) is 34.4. The Balaban J connectivity index is 1.27. The molecule has 2 bridgehead atoms. The fourth-order valence-corrected chi connectivity index (χ4v) is 9.17. The number of aromatic nitrogens is 1. The molecule has 0 amide bonds. The van der Waals surface area contributed by atoms with E-state index >= 15 is 0 Å². The molecule has 1 aromatic heterocycles. The van der Waals surface area contributed by atoms with Crippen molar-refractivity contribution in [2.24, 2.45) is 17.3 Å². The third-order valence-electron chi connectivity index (χ3n) is 11.0. The maximum absolute atomic E-state index is 12.3. The number of fused-ring (bicyclic) bond motifs is 2. The van der Waals surface area contributed by atoms with E-state index in [0.29, 0.717) is 24.8 Å². The van der Waals surface area contributed by atoms with Gasteiger partial charge in [0, 0.05) is 17.9 Å². The van der Waals surface area contributed by atoms with E-state index in [1.54, 1.807) is 0 Å². The number of likely N-dealkylation sites (N-methyl/N-ethyl adjacent to an activating group) is 1. The molecule has 5 aliphatic rings. The van der Waals surface area contributed by atoms with Crippen LogP contribution in [0.3, 0.4) is 0 Å². The van der Waals surface area contributed by atoms with Crippen LogP contribution in [0.2, 0.25) is 0 Å². The number of aliphatic hydroxyl groups is 3. The van der Waals surface area contributed by atoms with Crippen molar-refractivity contribution in [3.05, 3.63) is 29.8 Å². The molecule has 3 unspecified atom stereocenters. The summed E-state index contributed by atoms with van der Waals surface area (Å²) in [4.78, 5) is 6.24. The number of nitrogens with zero attached hydrogens (tertiary/aromatic N) is 2. The molecule has 36 heavy (non-hydrogen) atoms. The summed E-state index contributed by atoms with van der Waals surface area (Å²) in [6.07, 6.45) is 5.61. The topological polar surface area (TPSA) is 125 Å². The van der Waals surface area contributed by atoms with Crippen LogP contribution in [0.5, 0.6) is 0 Å². The van der Waals surface area contributed by atoms with Crippen LogP contribution < -0.4 is 5.73 Å². The molecular formula is C28H37N3O5. The lowest BCUT2D eigenvalue weighted by atomic mass is 9.51. The average molecular weight is 496 g/mol. The van der Waals surface area contributed by atoms with Gasteiger partial charge in [-0.25, -0.2) is 0 Å². The molecule has 4 fully saturated rings. The first-order valence-corrected chi connectivity index (χ1v) is 13.3. The van der Waals surface area contributed by atoms with E-state index in [9.17, 15) is 15.3 Å². The summed E-state index contributed by atoms with van der Waals surface area (Å²) >= 11 is 0. The molecule has 2 aliphatic heterocycles. The zero-order valence-electron chi connectivity index (χ0n) is 21.3. The number of nitrogens with two attached hydrogens (primary N) is 1. The highest BCUT2D eigenvalue weighted by Gasteiger charge is 2.76. The van der Waals surface area contributed by atoms with Crippen molar-refractivity contribution in [1.82, 2.24) is 9.88 Å². The highest BCUT2D eigenvalue weighted by atomic mass is 16.6. The highest BCUT2D eigenvalue weighted by molar-refractivity contribution is 5.82. The molecule has 2 spiro atoms. The molecule has 1 aromatic carbocycles.